The summed E-state index contributed by atoms with van der Waals surface area (Å²) >= 11 is 0. The fourth-order valence-electron chi connectivity index (χ4n) is 4.33. The van der Waals surface area contributed by atoms with Gasteiger partial charge < -0.3 is 14.5 Å². The van der Waals surface area contributed by atoms with Crippen molar-refractivity contribution in [3.8, 4) is 0 Å². The quantitative estimate of drug-likeness (QED) is 0.817. The summed E-state index contributed by atoms with van der Waals surface area (Å²) in [5, 5.41) is 0. The number of piperidine rings is 1. The van der Waals surface area contributed by atoms with Gasteiger partial charge in [-0.05, 0) is 43.0 Å². The van der Waals surface area contributed by atoms with Gasteiger partial charge in [-0.3, -0.25) is 9.59 Å². The van der Waals surface area contributed by atoms with Gasteiger partial charge in [-0.1, -0.05) is 36.4 Å². The lowest BCUT2D eigenvalue weighted by Crippen LogP contribution is -2.46. The van der Waals surface area contributed by atoms with Crippen LogP contribution < -0.4 is 4.90 Å². The number of carbonyl (C=O) groups excluding carboxylic acids is 2. The van der Waals surface area contributed by atoms with Gasteiger partial charge in [0.15, 0.2) is 0 Å². The molecular weight excluding hydrogens is 352 g/mol. The van der Waals surface area contributed by atoms with Crippen LogP contribution in [0.1, 0.15) is 41.6 Å². The van der Waals surface area contributed by atoms with Gasteiger partial charge in [-0.2, -0.15) is 0 Å². The van der Waals surface area contributed by atoms with Crippen molar-refractivity contribution in [1.29, 1.82) is 0 Å². The molecule has 2 aliphatic rings. The number of rotatable bonds is 4. The Balaban J connectivity index is 1.48. The van der Waals surface area contributed by atoms with Crippen LogP contribution in [0.4, 0.5) is 5.69 Å². The molecule has 0 radical (unpaired) electrons. The molecule has 2 saturated heterocycles. The highest BCUT2D eigenvalue weighted by molar-refractivity contribution is 5.99. The van der Waals surface area contributed by atoms with E-state index in [1.165, 1.54) is 5.56 Å². The summed E-state index contributed by atoms with van der Waals surface area (Å²) in [5.41, 5.74) is 2.30. The van der Waals surface area contributed by atoms with Gasteiger partial charge in [-0.15, -0.1) is 0 Å². The topological polar surface area (TPSA) is 49.9 Å². The zero-order valence-corrected chi connectivity index (χ0v) is 16.3. The smallest absolute Gasteiger partial charge is 0.253 e. The number of anilines is 1. The van der Waals surface area contributed by atoms with Gasteiger partial charge in [-0.25, -0.2) is 0 Å². The average molecular weight is 378 g/mol. The SMILES string of the molecule is COC1(c2ccccc2)CCN(C(=O)c2cccc(N3CCCC3=O)c2)CC1. The summed E-state index contributed by atoms with van der Waals surface area (Å²) in [7, 11) is 1.75. The third kappa shape index (κ3) is 3.42. The van der Waals surface area contributed by atoms with Crippen molar-refractivity contribution in [3.05, 3.63) is 65.7 Å². The van der Waals surface area contributed by atoms with Gasteiger partial charge in [0.1, 0.15) is 0 Å². The molecule has 2 aliphatic heterocycles. The Hall–Kier alpha value is -2.66. The second kappa shape index (κ2) is 7.76. The molecule has 0 unspecified atom stereocenters. The first-order chi connectivity index (χ1) is 13.6. The highest BCUT2D eigenvalue weighted by atomic mass is 16.5. The molecule has 28 heavy (non-hydrogen) atoms. The van der Waals surface area contributed by atoms with Crippen LogP contribution in [0.2, 0.25) is 0 Å². The van der Waals surface area contributed by atoms with Crippen LogP contribution >= 0.6 is 0 Å². The number of nitrogens with zero attached hydrogens (tertiary/aromatic N) is 2. The summed E-state index contributed by atoms with van der Waals surface area (Å²) in [5.74, 6) is 0.154. The predicted octanol–water partition coefficient (Wildman–Crippen LogP) is 3.59. The molecule has 0 saturated carbocycles. The normalized spacial score (nSPS) is 19.1. The number of benzene rings is 2. The summed E-state index contributed by atoms with van der Waals surface area (Å²) in [6.07, 6.45) is 3.00. The Kier molecular flexibility index (Phi) is 5.18. The lowest BCUT2D eigenvalue weighted by atomic mass is 9.84. The Morgan fingerprint density at radius 3 is 2.39 bits per heavy atom. The first-order valence-electron chi connectivity index (χ1n) is 9.93. The number of hydrogen-bond donors (Lipinski definition) is 0. The number of carbonyl (C=O) groups is 2. The number of ether oxygens (including phenoxy) is 1. The molecule has 2 aromatic carbocycles. The van der Waals surface area contributed by atoms with Crippen molar-refractivity contribution < 1.29 is 14.3 Å². The number of hydrogen-bond acceptors (Lipinski definition) is 3. The van der Waals surface area contributed by atoms with Crippen molar-refractivity contribution in [3.63, 3.8) is 0 Å². The Morgan fingerprint density at radius 2 is 1.75 bits per heavy atom. The molecule has 146 valence electrons. The molecule has 5 nitrogen and oxygen atoms in total. The van der Waals surface area contributed by atoms with Gasteiger partial charge in [0.05, 0.1) is 5.60 Å². The maximum atomic E-state index is 13.1. The molecule has 0 aliphatic carbocycles. The van der Waals surface area contributed by atoms with E-state index in [0.717, 1.165) is 31.5 Å². The molecule has 5 heteroatoms. The maximum absolute atomic E-state index is 13.1. The van der Waals surface area contributed by atoms with Gasteiger partial charge in [0.2, 0.25) is 5.91 Å². The second-order valence-corrected chi connectivity index (χ2v) is 7.56. The van der Waals surface area contributed by atoms with Crippen molar-refractivity contribution in [2.45, 2.75) is 31.3 Å². The van der Waals surface area contributed by atoms with E-state index in [0.29, 0.717) is 25.1 Å². The van der Waals surface area contributed by atoms with E-state index in [-0.39, 0.29) is 17.4 Å². The minimum atomic E-state index is -0.331. The van der Waals surface area contributed by atoms with Crippen LogP contribution in [0, 0.1) is 0 Å². The molecule has 2 fully saturated rings. The molecule has 4 rings (SSSR count). The lowest BCUT2D eigenvalue weighted by molar-refractivity contribution is -0.117. The van der Waals surface area contributed by atoms with Crippen LogP contribution in [0.15, 0.2) is 54.6 Å². The summed E-state index contributed by atoms with van der Waals surface area (Å²) in [4.78, 5) is 28.7. The largest absolute Gasteiger partial charge is 0.373 e. The maximum Gasteiger partial charge on any atom is 0.253 e. The van der Waals surface area contributed by atoms with Crippen LogP contribution in [0.3, 0.4) is 0 Å². The number of amides is 2. The predicted molar refractivity (Wildman–Crippen MR) is 108 cm³/mol. The highest BCUT2D eigenvalue weighted by Gasteiger charge is 2.37. The minimum absolute atomic E-state index is 0.0197. The summed E-state index contributed by atoms with van der Waals surface area (Å²) < 4.78 is 5.91. The zero-order valence-electron chi connectivity index (χ0n) is 16.3. The molecule has 2 aromatic rings. The standard InChI is InChI=1S/C23H26N2O3/c1-28-23(19-8-3-2-4-9-19)12-15-24(16-13-23)22(27)18-7-5-10-20(17-18)25-14-6-11-21(25)26/h2-5,7-10,17H,6,11-16H2,1H3. The van der Waals surface area contributed by atoms with Crippen molar-refractivity contribution in [2.75, 3.05) is 31.6 Å². The molecule has 2 heterocycles. The van der Waals surface area contributed by atoms with Crippen LogP contribution in [-0.4, -0.2) is 43.5 Å². The van der Waals surface area contributed by atoms with Gasteiger partial charge in [0.25, 0.3) is 5.91 Å². The van der Waals surface area contributed by atoms with Crippen LogP contribution in [-0.2, 0) is 15.1 Å². The average Bonchev–Trinajstić information content (AvgIpc) is 3.20. The minimum Gasteiger partial charge on any atom is -0.373 e. The monoisotopic (exact) mass is 378 g/mol. The van der Waals surface area contributed by atoms with Crippen molar-refractivity contribution >= 4 is 17.5 Å². The lowest BCUT2D eigenvalue weighted by Gasteiger charge is -2.41. The molecule has 0 spiro atoms. The molecule has 0 N–H and O–H groups in total. The summed E-state index contributed by atoms with van der Waals surface area (Å²) in [6.45, 7) is 2.02. The van der Waals surface area contributed by atoms with Crippen molar-refractivity contribution in [1.82, 2.24) is 4.90 Å². The van der Waals surface area contributed by atoms with E-state index in [9.17, 15) is 9.59 Å². The third-order valence-corrected chi connectivity index (χ3v) is 6.03. The second-order valence-electron chi connectivity index (χ2n) is 7.56. The third-order valence-electron chi connectivity index (χ3n) is 6.03. The van der Waals surface area contributed by atoms with E-state index in [4.69, 9.17) is 4.74 Å². The highest BCUT2D eigenvalue weighted by Crippen LogP contribution is 2.36. The van der Waals surface area contributed by atoms with E-state index >= 15 is 0 Å². The van der Waals surface area contributed by atoms with E-state index in [1.54, 1.807) is 12.0 Å². The molecule has 2 amide bonds. The van der Waals surface area contributed by atoms with Gasteiger partial charge >= 0.3 is 0 Å². The van der Waals surface area contributed by atoms with E-state index in [2.05, 4.69) is 12.1 Å². The van der Waals surface area contributed by atoms with Crippen molar-refractivity contribution in [2.24, 2.45) is 0 Å². The van der Waals surface area contributed by atoms with Gasteiger partial charge in [0, 0.05) is 44.4 Å². The molecular formula is C23H26N2O3. The van der Waals surface area contributed by atoms with E-state index in [1.807, 2.05) is 47.4 Å². The van der Waals surface area contributed by atoms with Crippen LogP contribution in [0.25, 0.3) is 0 Å². The molecule has 0 bridgehead atoms. The zero-order chi connectivity index (χ0) is 19.6. The Morgan fingerprint density at radius 1 is 1.00 bits per heavy atom. The fourth-order valence-corrected chi connectivity index (χ4v) is 4.33. The summed E-state index contributed by atoms with van der Waals surface area (Å²) in [6, 6.07) is 17.7. The number of likely N-dealkylation sites (tertiary alicyclic amines) is 1. The van der Waals surface area contributed by atoms with Crippen LogP contribution in [0.5, 0.6) is 0 Å². The molecule has 0 atom stereocenters. The Bertz CT molecular complexity index is 857. The van der Waals surface area contributed by atoms with E-state index < -0.39 is 0 Å². The first kappa shape index (κ1) is 18.7. The Labute approximate surface area is 165 Å². The first-order valence-corrected chi connectivity index (χ1v) is 9.93. The fraction of sp³-hybridized carbons (Fsp3) is 0.391. The number of methoxy groups -OCH3 is 1. The molecule has 0 aromatic heterocycles.